The van der Waals surface area contributed by atoms with Gasteiger partial charge >= 0.3 is 0 Å². The molecule has 4 aromatic rings. The van der Waals surface area contributed by atoms with Crippen molar-refractivity contribution in [3.63, 3.8) is 0 Å². The topological polar surface area (TPSA) is 85.8 Å². The van der Waals surface area contributed by atoms with Crippen LogP contribution in [0.3, 0.4) is 0 Å². The molecule has 9 heteroatoms. The predicted molar refractivity (Wildman–Crippen MR) is 102 cm³/mol. The van der Waals surface area contributed by atoms with E-state index in [2.05, 4.69) is 20.5 Å². The number of para-hydroxylation sites is 1. The van der Waals surface area contributed by atoms with Crippen LogP contribution in [0.1, 0.15) is 6.92 Å². The number of benzene rings is 1. The standard InChI is InChI=1S/C17H15N5O2S2/c1-2-22-15(13-9-11-5-3-4-6-12(11)24-13)20-21-17(22)26-10-14(23)19-16-18-7-8-25-16/h3-9H,2,10H2,1H3,(H,18,19,23). The zero-order chi connectivity index (χ0) is 17.9. The Morgan fingerprint density at radius 3 is 3.00 bits per heavy atom. The molecule has 0 fully saturated rings. The fourth-order valence-corrected chi connectivity index (χ4v) is 3.87. The molecular formula is C17H15N5O2S2. The van der Waals surface area contributed by atoms with Crippen LogP contribution in [0.4, 0.5) is 5.13 Å². The molecule has 1 amide bonds. The van der Waals surface area contributed by atoms with Gasteiger partial charge in [0.2, 0.25) is 11.7 Å². The highest BCUT2D eigenvalue weighted by molar-refractivity contribution is 7.99. The Morgan fingerprint density at radius 2 is 2.23 bits per heavy atom. The first-order chi connectivity index (χ1) is 12.7. The molecule has 0 aliphatic heterocycles. The summed E-state index contributed by atoms with van der Waals surface area (Å²) in [6.07, 6.45) is 1.65. The summed E-state index contributed by atoms with van der Waals surface area (Å²) in [4.78, 5) is 16.1. The average molecular weight is 385 g/mol. The van der Waals surface area contributed by atoms with Crippen molar-refractivity contribution in [2.24, 2.45) is 0 Å². The predicted octanol–water partition coefficient (Wildman–Crippen LogP) is 3.90. The van der Waals surface area contributed by atoms with Crippen molar-refractivity contribution in [2.75, 3.05) is 11.1 Å². The number of fused-ring (bicyclic) bond motifs is 1. The van der Waals surface area contributed by atoms with Crippen molar-refractivity contribution in [3.05, 3.63) is 41.9 Å². The Kier molecular flexibility index (Phi) is 4.72. The molecule has 0 spiro atoms. The Morgan fingerprint density at radius 1 is 1.35 bits per heavy atom. The number of rotatable bonds is 6. The average Bonchev–Trinajstić information content (AvgIpc) is 3.38. The van der Waals surface area contributed by atoms with E-state index in [1.165, 1.54) is 23.1 Å². The maximum atomic E-state index is 12.0. The first-order valence-electron chi connectivity index (χ1n) is 7.99. The first-order valence-corrected chi connectivity index (χ1v) is 9.85. The molecule has 1 aromatic carbocycles. The number of nitrogens with zero attached hydrogens (tertiary/aromatic N) is 4. The van der Waals surface area contributed by atoms with E-state index in [-0.39, 0.29) is 11.7 Å². The third kappa shape index (κ3) is 3.35. The molecule has 1 N–H and O–H groups in total. The van der Waals surface area contributed by atoms with E-state index < -0.39 is 0 Å². The van der Waals surface area contributed by atoms with Gasteiger partial charge in [0.15, 0.2) is 16.0 Å². The van der Waals surface area contributed by atoms with Gasteiger partial charge in [0, 0.05) is 23.5 Å². The number of nitrogens with one attached hydrogen (secondary N) is 1. The number of carbonyl (C=O) groups excluding carboxylic acids is 1. The highest BCUT2D eigenvalue weighted by Crippen LogP contribution is 2.29. The van der Waals surface area contributed by atoms with E-state index in [0.717, 1.165) is 11.0 Å². The molecule has 0 atom stereocenters. The molecule has 26 heavy (non-hydrogen) atoms. The number of hydrogen-bond donors (Lipinski definition) is 1. The number of carbonyl (C=O) groups is 1. The molecule has 0 saturated carbocycles. The number of thiazole rings is 1. The number of aromatic nitrogens is 4. The monoisotopic (exact) mass is 385 g/mol. The van der Waals surface area contributed by atoms with Gasteiger partial charge in [0.05, 0.1) is 5.75 Å². The third-order valence-electron chi connectivity index (χ3n) is 3.69. The van der Waals surface area contributed by atoms with Crippen molar-refractivity contribution < 1.29 is 9.21 Å². The molecule has 3 heterocycles. The van der Waals surface area contributed by atoms with Gasteiger partial charge in [-0.1, -0.05) is 30.0 Å². The highest BCUT2D eigenvalue weighted by Gasteiger charge is 2.18. The lowest BCUT2D eigenvalue weighted by molar-refractivity contribution is -0.113. The summed E-state index contributed by atoms with van der Waals surface area (Å²) in [6, 6.07) is 9.77. The SMILES string of the molecule is CCn1c(SCC(=O)Nc2nccs2)nnc1-c1cc2ccccc2o1. The van der Waals surface area contributed by atoms with E-state index in [1.54, 1.807) is 6.20 Å². The number of furan rings is 1. The Labute approximate surface area is 157 Å². The molecule has 0 radical (unpaired) electrons. The molecule has 0 bridgehead atoms. The van der Waals surface area contributed by atoms with Gasteiger partial charge < -0.3 is 9.73 Å². The van der Waals surface area contributed by atoms with Gasteiger partial charge in [-0.3, -0.25) is 9.36 Å². The lowest BCUT2D eigenvalue weighted by atomic mass is 10.2. The number of anilines is 1. The highest BCUT2D eigenvalue weighted by atomic mass is 32.2. The van der Waals surface area contributed by atoms with E-state index in [1.807, 2.05) is 47.2 Å². The zero-order valence-corrected chi connectivity index (χ0v) is 15.5. The Bertz CT molecular complexity index is 1010. The van der Waals surface area contributed by atoms with Crippen molar-refractivity contribution in [1.82, 2.24) is 19.7 Å². The van der Waals surface area contributed by atoms with Gasteiger partial charge in [-0.2, -0.15) is 0 Å². The molecule has 0 aliphatic carbocycles. The van der Waals surface area contributed by atoms with Crippen molar-refractivity contribution in [3.8, 4) is 11.6 Å². The lowest BCUT2D eigenvalue weighted by Crippen LogP contribution is -2.14. The van der Waals surface area contributed by atoms with Crippen LogP contribution in [0, 0.1) is 0 Å². The second-order valence-electron chi connectivity index (χ2n) is 5.37. The van der Waals surface area contributed by atoms with E-state index in [9.17, 15) is 4.79 Å². The molecule has 0 aliphatic rings. The molecule has 4 rings (SSSR count). The van der Waals surface area contributed by atoms with Crippen molar-refractivity contribution in [1.29, 1.82) is 0 Å². The molecular weight excluding hydrogens is 370 g/mol. The minimum atomic E-state index is -0.124. The molecule has 3 aromatic heterocycles. The summed E-state index contributed by atoms with van der Waals surface area (Å²) in [5.41, 5.74) is 0.810. The van der Waals surface area contributed by atoms with Crippen LogP contribution in [0.2, 0.25) is 0 Å². The smallest absolute Gasteiger partial charge is 0.236 e. The van der Waals surface area contributed by atoms with Crippen LogP contribution in [-0.4, -0.2) is 31.4 Å². The van der Waals surface area contributed by atoms with Gasteiger partial charge in [-0.15, -0.1) is 21.5 Å². The quantitative estimate of drug-likeness (QED) is 0.507. The Hall–Kier alpha value is -2.65. The minimum absolute atomic E-state index is 0.124. The second-order valence-corrected chi connectivity index (χ2v) is 7.21. The normalized spacial score (nSPS) is 11.1. The minimum Gasteiger partial charge on any atom is -0.453 e. The summed E-state index contributed by atoms with van der Waals surface area (Å²) in [5.74, 6) is 1.43. The first kappa shape index (κ1) is 16.8. The van der Waals surface area contributed by atoms with Gasteiger partial charge in [-0.25, -0.2) is 4.98 Å². The van der Waals surface area contributed by atoms with Gasteiger partial charge in [-0.05, 0) is 19.1 Å². The molecule has 132 valence electrons. The van der Waals surface area contributed by atoms with E-state index >= 15 is 0 Å². The van der Waals surface area contributed by atoms with Crippen molar-refractivity contribution >= 4 is 45.1 Å². The van der Waals surface area contributed by atoms with Crippen LogP contribution in [-0.2, 0) is 11.3 Å². The Balaban J connectivity index is 1.52. The van der Waals surface area contributed by atoms with Crippen LogP contribution >= 0.6 is 23.1 Å². The van der Waals surface area contributed by atoms with Crippen LogP contribution in [0.15, 0.2) is 51.5 Å². The summed E-state index contributed by atoms with van der Waals surface area (Å²) in [5, 5.41) is 15.4. The number of amides is 1. The van der Waals surface area contributed by atoms with Gasteiger partial charge in [0.1, 0.15) is 5.58 Å². The second kappa shape index (κ2) is 7.30. The summed E-state index contributed by atoms with van der Waals surface area (Å²) >= 11 is 2.72. The molecule has 0 saturated heterocycles. The maximum Gasteiger partial charge on any atom is 0.236 e. The van der Waals surface area contributed by atoms with E-state index in [4.69, 9.17) is 4.42 Å². The van der Waals surface area contributed by atoms with E-state index in [0.29, 0.717) is 28.4 Å². The summed E-state index contributed by atoms with van der Waals surface area (Å²) in [6.45, 7) is 2.69. The summed E-state index contributed by atoms with van der Waals surface area (Å²) < 4.78 is 7.83. The van der Waals surface area contributed by atoms with Crippen LogP contribution in [0.25, 0.3) is 22.6 Å². The largest absolute Gasteiger partial charge is 0.453 e. The fourth-order valence-electron chi connectivity index (χ4n) is 2.53. The van der Waals surface area contributed by atoms with Crippen LogP contribution in [0.5, 0.6) is 0 Å². The van der Waals surface area contributed by atoms with Crippen LogP contribution < -0.4 is 5.32 Å². The van der Waals surface area contributed by atoms with Gasteiger partial charge in [0.25, 0.3) is 0 Å². The molecule has 7 nitrogen and oxygen atoms in total. The number of thioether (sulfide) groups is 1. The summed E-state index contributed by atoms with van der Waals surface area (Å²) in [7, 11) is 0. The third-order valence-corrected chi connectivity index (χ3v) is 5.35. The fraction of sp³-hybridized carbons (Fsp3) is 0.176. The zero-order valence-electron chi connectivity index (χ0n) is 13.9. The lowest BCUT2D eigenvalue weighted by Gasteiger charge is -2.05. The van der Waals surface area contributed by atoms with Crippen molar-refractivity contribution in [2.45, 2.75) is 18.6 Å². The molecule has 0 unspecified atom stereocenters. The number of hydrogen-bond acceptors (Lipinski definition) is 7. The maximum absolute atomic E-state index is 12.0.